The van der Waals surface area contributed by atoms with Gasteiger partial charge >= 0.3 is 0 Å². The van der Waals surface area contributed by atoms with E-state index < -0.39 is 0 Å². The molecule has 9 nitrogen and oxygen atoms in total. The summed E-state index contributed by atoms with van der Waals surface area (Å²) in [7, 11) is 1.58. The van der Waals surface area contributed by atoms with Gasteiger partial charge in [0.25, 0.3) is 5.95 Å². The van der Waals surface area contributed by atoms with Crippen molar-refractivity contribution in [3.63, 3.8) is 0 Å². The van der Waals surface area contributed by atoms with Crippen LogP contribution in [0.15, 0.2) is 52.7 Å². The van der Waals surface area contributed by atoms with Crippen molar-refractivity contribution in [2.24, 2.45) is 5.10 Å². The number of carbonyl (C=O) groups excluding carboxylic acids is 1. The first-order valence-corrected chi connectivity index (χ1v) is 10.2. The molecule has 0 aliphatic heterocycles. The van der Waals surface area contributed by atoms with Gasteiger partial charge in [-0.3, -0.25) is 4.79 Å². The van der Waals surface area contributed by atoms with Crippen LogP contribution in [0.25, 0.3) is 0 Å². The quantitative estimate of drug-likeness (QED) is 0.201. The van der Waals surface area contributed by atoms with E-state index in [0.717, 1.165) is 17.3 Å². The first-order valence-electron chi connectivity index (χ1n) is 8.48. The number of thioether (sulfide) groups is 1. The van der Waals surface area contributed by atoms with E-state index in [9.17, 15) is 4.79 Å². The van der Waals surface area contributed by atoms with Gasteiger partial charge in [-0.05, 0) is 30.3 Å². The molecule has 0 radical (unpaired) electrons. The van der Waals surface area contributed by atoms with E-state index in [2.05, 4.69) is 26.0 Å². The van der Waals surface area contributed by atoms with E-state index in [1.165, 1.54) is 4.68 Å². The summed E-state index contributed by atoms with van der Waals surface area (Å²) in [6.45, 7) is 0. The number of para-hydroxylation sites is 1. The zero-order valence-corrected chi connectivity index (χ0v) is 18.0. The van der Waals surface area contributed by atoms with E-state index in [-0.39, 0.29) is 17.6 Å². The highest BCUT2D eigenvalue weighted by atomic mass is 35.5. The Balaban J connectivity index is 1.56. The third-order valence-corrected chi connectivity index (χ3v) is 5.21. The molecule has 12 heteroatoms. The van der Waals surface area contributed by atoms with Crippen LogP contribution < -0.4 is 21.3 Å². The second kappa shape index (κ2) is 10.2. The third-order valence-electron chi connectivity index (χ3n) is 3.71. The van der Waals surface area contributed by atoms with Crippen molar-refractivity contribution in [3.8, 4) is 5.75 Å². The zero-order chi connectivity index (χ0) is 21.5. The van der Waals surface area contributed by atoms with Gasteiger partial charge in [-0.2, -0.15) is 5.10 Å². The minimum absolute atomic E-state index is 0.0443. The number of nitrogens with one attached hydrogen (secondary N) is 2. The number of hydrogen-bond donors (Lipinski definition) is 3. The van der Waals surface area contributed by atoms with Crippen LogP contribution >= 0.6 is 35.0 Å². The number of anilines is 2. The molecule has 3 aromatic rings. The number of nitrogens with two attached hydrogens (primary N) is 1. The smallest absolute Gasteiger partial charge is 0.264 e. The van der Waals surface area contributed by atoms with Crippen LogP contribution in [0.5, 0.6) is 5.75 Å². The highest BCUT2D eigenvalue weighted by Crippen LogP contribution is 2.26. The number of aromatic nitrogens is 3. The average molecular weight is 466 g/mol. The summed E-state index contributed by atoms with van der Waals surface area (Å²) in [5.41, 5.74) is 3.91. The summed E-state index contributed by atoms with van der Waals surface area (Å²) in [5.74, 6) is 6.60. The number of nitrogens with zero attached hydrogens (tertiary/aromatic N) is 4. The maximum absolute atomic E-state index is 12.2. The molecule has 0 atom stereocenters. The van der Waals surface area contributed by atoms with Crippen molar-refractivity contribution >= 4 is 58.7 Å². The van der Waals surface area contributed by atoms with Crippen molar-refractivity contribution in [1.29, 1.82) is 0 Å². The second-order valence-electron chi connectivity index (χ2n) is 5.75. The molecule has 4 N–H and O–H groups in total. The van der Waals surface area contributed by atoms with E-state index in [1.54, 1.807) is 31.5 Å². The fourth-order valence-corrected chi connectivity index (χ4v) is 3.29. The maximum atomic E-state index is 12.2. The Morgan fingerprint density at radius 3 is 2.90 bits per heavy atom. The van der Waals surface area contributed by atoms with Crippen molar-refractivity contribution < 1.29 is 9.53 Å². The zero-order valence-electron chi connectivity index (χ0n) is 15.7. The Kier molecular flexibility index (Phi) is 7.39. The maximum Gasteiger partial charge on any atom is 0.264 e. The molecule has 0 fully saturated rings. The Morgan fingerprint density at radius 1 is 1.30 bits per heavy atom. The molecule has 0 saturated carbocycles. The predicted octanol–water partition coefficient (Wildman–Crippen LogP) is 3.48. The molecule has 1 heterocycles. The number of rotatable bonds is 8. The van der Waals surface area contributed by atoms with Gasteiger partial charge in [0.2, 0.25) is 11.1 Å². The lowest BCUT2D eigenvalue weighted by Gasteiger charge is -2.07. The van der Waals surface area contributed by atoms with Crippen LogP contribution in [-0.2, 0) is 4.79 Å². The number of benzene rings is 2. The molecule has 0 aliphatic carbocycles. The van der Waals surface area contributed by atoms with E-state index in [1.807, 2.05) is 24.3 Å². The van der Waals surface area contributed by atoms with Gasteiger partial charge in [0.15, 0.2) is 0 Å². The van der Waals surface area contributed by atoms with Gasteiger partial charge in [0.05, 0.1) is 29.8 Å². The molecule has 2 aromatic carbocycles. The number of halogens is 2. The molecule has 156 valence electrons. The molecule has 0 spiro atoms. The molecule has 0 bridgehead atoms. The highest BCUT2D eigenvalue weighted by Gasteiger charge is 2.13. The lowest BCUT2D eigenvalue weighted by atomic mass is 10.2. The van der Waals surface area contributed by atoms with Crippen LogP contribution in [0, 0.1) is 0 Å². The Labute approximate surface area is 186 Å². The lowest BCUT2D eigenvalue weighted by Crippen LogP contribution is -2.17. The van der Waals surface area contributed by atoms with Gasteiger partial charge in [-0.1, -0.05) is 47.1 Å². The predicted molar refractivity (Wildman–Crippen MR) is 120 cm³/mol. The molecule has 1 aromatic heterocycles. The van der Waals surface area contributed by atoms with Crippen molar-refractivity contribution in [3.05, 3.63) is 58.1 Å². The van der Waals surface area contributed by atoms with E-state index in [4.69, 9.17) is 33.8 Å². The standard InChI is InChI=1S/C18H17Cl2N7O2S/c1-29-15-5-3-2-4-11(15)9-22-24-17-25-26-18(27(17)21)30-10-16(28)23-14-8-12(19)6-7-13(14)20/h2-9H,10,21H2,1H3,(H,23,28)(H,24,25)/b22-9+. The molecule has 3 rings (SSSR count). The Bertz CT molecular complexity index is 1070. The first kappa shape index (κ1) is 21.8. The van der Waals surface area contributed by atoms with Gasteiger partial charge < -0.3 is 15.9 Å². The van der Waals surface area contributed by atoms with Gasteiger partial charge in [-0.15, -0.1) is 10.2 Å². The summed E-state index contributed by atoms with van der Waals surface area (Å²) < 4.78 is 6.45. The summed E-state index contributed by atoms with van der Waals surface area (Å²) in [6.07, 6.45) is 1.57. The van der Waals surface area contributed by atoms with Crippen LogP contribution in [0.3, 0.4) is 0 Å². The molecule has 0 aliphatic rings. The van der Waals surface area contributed by atoms with Crippen molar-refractivity contribution in [2.45, 2.75) is 5.16 Å². The molecular formula is C18H17Cl2N7O2S. The minimum atomic E-state index is -0.295. The monoisotopic (exact) mass is 465 g/mol. The number of carbonyl (C=O) groups is 1. The number of hydrogen-bond acceptors (Lipinski definition) is 8. The summed E-state index contributed by atoms with van der Waals surface area (Å²) in [5, 5.41) is 15.8. The van der Waals surface area contributed by atoms with Crippen LogP contribution in [0.2, 0.25) is 10.0 Å². The summed E-state index contributed by atoms with van der Waals surface area (Å²) >= 11 is 13.1. The molecule has 30 heavy (non-hydrogen) atoms. The summed E-state index contributed by atoms with van der Waals surface area (Å²) in [6, 6.07) is 12.2. The number of ether oxygens (including phenoxy) is 1. The normalized spacial score (nSPS) is 10.9. The van der Waals surface area contributed by atoms with Gasteiger partial charge in [-0.25, -0.2) is 10.1 Å². The third kappa shape index (κ3) is 5.56. The number of methoxy groups -OCH3 is 1. The number of amides is 1. The fraction of sp³-hybridized carbons (Fsp3) is 0.111. The SMILES string of the molecule is COc1ccccc1/C=N/Nc1nnc(SCC(=O)Nc2cc(Cl)ccc2Cl)n1N. The fourth-order valence-electron chi connectivity index (χ4n) is 2.29. The largest absolute Gasteiger partial charge is 0.496 e. The number of hydrazone groups is 1. The average Bonchev–Trinajstić information content (AvgIpc) is 3.09. The molecule has 0 saturated heterocycles. The lowest BCUT2D eigenvalue weighted by molar-refractivity contribution is -0.113. The molecule has 0 unspecified atom stereocenters. The first-order chi connectivity index (χ1) is 14.5. The van der Waals surface area contributed by atoms with Crippen molar-refractivity contribution in [2.75, 3.05) is 29.4 Å². The van der Waals surface area contributed by atoms with E-state index >= 15 is 0 Å². The van der Waals surface area contributed by atoms with Crippen molar-refractivity contribution in [1.82, 2.24) is 14.9 Å². The Morgan fingerprint density at radius 2 is 2.10 bits per heavy atom. The minimum Gasteiger partial charge on any atom is -0.496 e. The molecule has 1 amide bonds. The number of nitrogen functional groups attached to an aromatic ring is 1. The van der Waals surface area contributed by atoms with Gasteiger partial charge in [0.1, 0.15) is 5.75 Å². The Hall–Kier alpha value is -2.95. The topological polar surface area (TPSA) is 119 Å². The van der Waals surface area contributed by atoms with Gasteiger partial charge in [0, 0.05) is 10.6 Å². The van der Waals surface area contributed by atoms with E-state index in [0.29, 0.717) is 26.6 Å². The van der Waals surface area contributed by atoms with Crippen LogP contribution in [0.4, 0.5) is 11.6 Å². The van der Waals surface area contributed by atoms with Crippen LogP contribution in [0.1, 0.15) is 5.56 Å². The summed E-state index contributed by atoms with van der Waals surface area (Å²) in [4.78, 5) is 12.2. The van der Waals surface area contributed by atoms with Crippen LogP contribution in [-0.4, -0.2) is 39.9 Å². The molecular weight excluding hydrogens is 449 g/mol. The highest BCUT2D eigenvalue weighted by molar-refractivity contribution is 7.99. The second-order valence-corrected chi connectivity index (χ2v) is 7.54.